The average molecular weight is 396 g/mol. The van der Waals surface area contributed by atoms with Gasteiger partial charge in [-0.05, 0) is 53.8 Å². The number of fused-ring (bicyclic) bond motifs is 1. The molecule has 4 aromatic rings. The number of esters is 1. The van der Waals surface area contributed by atoms with Crippen molar-refractivity contribution in [2.45, 2.75) is 27.0 Å². The molecule has 0 fully saturated rings. The van der Waals surface area contributed by atoms with Crippen LogP contribution in [0.25, 0.3) is 21.7 Å². The van der Waals surface area contributed by atoms with E-state index in [1.807, 2.05) is 43.5 Å². The third kappa shape index (κ3) is 3.70. The molecule has 28 heavy (non-hydrogen) atoms. The van der Waals surface area contributed by atoms with Crippen LogP contribution >= 0.6 is 11.3 Å². The van der Waals surface area contributed by atoms with Crippen molar-refractivity contribution >= 4 is 28.3 Å². The van der Waals surface area contributed by atoms with Crippen LogP contribution < -0.4 is 5.63 Å². The van der Waals surface area contributed by atoms with Gasteiger partial charge in [-0.15, -0.1) is 21.5 Å². The lowest BCUT2D eigenvalue weighted by molar-refractivity contribution is -0.146. The summed E-state index contributed by atoms with van der Waals surface area (Å²) in [5.74, 6) is -0.0688. The van der Waals surface area contributed by atoms with Gasteiger partial charge >= 0.3 is 11.6 Å². The first-order valence-corrected chi connectivity index (χ1v) is 9.39. The minimum atomic E-state index is -0.527. The zero-order valence-corrected chi connectivity index (χ0v) is 16.0. The Morgan fingerprint density at radius 1 is 1.25 bits per heavy atom. The molecule has 3 aromatic heterocycles. The van der Waals surface area contributed by atoms with Gasteiger partial charge in [0.25, 0.3) is 0 Å². The zero-order chi connectivity index (χ0) is 19.7. The van der Waals surface area contributed by atoms with Crippen molar-refractivity contribution < 1.29 is 13.9 Å². The number of ether oxygens (including phenoxy) is 1. The van der Waals surface area contributed by atoms with Gasteiger partial charge in [-0.25, -0.2) is 9.59 Å². The average Bonchev–Trinajstić information content (AvgIpc) is 3.32. The molecule has 0 amide bonds. The molecule has 0 atom stereocenters. The van der Waals surface area contributed by atoms with E-state index in [9.17, 15) is 9.59 Å². The van der Waals surface area contributed by atoms with E-state index in [1.54, 1.807) is 0 Å². The number of aromatic nitrogens is 4. The predicted octanol–water partition coefficient (Wildman–Crippen LogP) is 2.87. The summed E-state index contributed by atoms with van der Waals surface area (Å²) in [6.45, 7) is 3.69. The van der Waals surface area contributed by atoms with Crippen LogP contribution in [0.3, 0.4) is 0 Å². The highest BCUT2D eigenvalue weighted by atomic mass is 32.1. The molecule has 0 saturated heterocycles. The van der Waals surface area contributed by atoms with Gasteiger partial charge in [0, 0.05) is 17.0 Å². The number of aryl methyl sites for hydroxylation is 2. The Hall–Kier alpha value is -3.33. The highest BCUT2D eigenvalue weighted by Crippen LogP contribution is 2.22. The van der Waals surface area contributed by atoms with Crippen LogP contribution in [-0.2, 0) is 22.7 Å². The lowest BCUT2D eigenvalue weighted by Crippen LogP contribution is -2.16. The third-order valence-corrected chi connectivity index (χ3v) is 5.16. The number of rotatable bonds is 5. The van der Waals surface area contributed by atoms with Gasteiger partial charge in [0.1, 0.15) is 12.2 Å². The second-order valence-corrected chi connectivity index (χ2v) is 7.25. The number of carbonyl (C=O) groups excluding carboxylic acids is 1. The Morgan fingerprint density at radius 2 is 2.07 bits per heavy atom. The Balaban J connectivity index is 1.48. The maximum absolute atomic E-state index is 12.2. The van der Waals surface area contributed by atoms with Gasteiger partial charge in [-0.3, -0.25) is 0 Å². The molecule has 0 radical (unpaired) electrons. The van der Waals surface area contributed by atoms with Crippen molar-refractivity contribution in [3.63, 3.8) is 0 Å². The van der Waals surface area contributed by atoms with E-state index in [-0.39, 0.29) is 13.2 Å². The van der Waals surface area contributed by atoms with Crippen molar-refractivity contribution in [2.24, 2.45) is 0 Å². The van der Waals surface area contributed by atoms with Crippen molar-refractivity contribution in [1.29, 1.82) is 0 Å². The van der Waals surface area contributed by atoms with E-state index >= 15 is 0 Å². The van der Waals surface area contributed by atoms with Crippen LogP contribution in [0.4, 0.5) is 0 Å². The summed E-state index contributed by atoms with van der Waals surface area (Å²) >= 11 is 1.49. The van der Waals surface area contributed by atoms with Crippen LogP contribution in [0.1, 0.15) is 16.7 Å². The fourth-order valence-corrected chi connectivity index (χ4v) is 3.38. The third-order valence-electron chi connectivity index (χ3n) is 4.30. The normalized spacial score (nSPS) is 11.1. The van der Waals surface area contributed by atoms with E-state index in [0.717, 1.165) is 21.4 Å². The first-order valence-electron chi connectivity index (χ1n) is 8.51. The van der Waals surface area contributed by atoms with Gasteiger partial charge in [-0.2, -0.15) is 4.80 Å². The molecular formula is C19H16N4O4S. The molecule has 0 aliphatic rings. The van der Waals surface area contributed by atoms with Crippen molar-refractivity contribution in [3.05, 3.63) is 62.8 Å². The molecule has 0 saturated carbocycles. The first-order chi connectivity index (χ1) is 13.5. The monoisotopic (exact) mass is 396 g/mol. The van der Waals surface area contributed by atoms with E-state index < -0.39 is 11.6 Å². The van der Waals surface area contributed by atoms with E-state index in [1.165, 1.54) is 22.2 Å². The minimum absolute atomic E-state index is 0.0457. The number of thiophene rings is 1. The number of tetrazole rings is 1. The van der Waals surface area contributed by atoms with Gasteiger partial charge < -0.3 is 9.15 Å². The summed E-state index contributed by atoms with van der Waals surface area (Å²) in [6, 6.07) is 8.83. The second-order valence-electron chi connectivity index (χ2n) is 6.30. The summed E-state index contributed by atoms with van der Waals surface area (Å²) in [5.41, 5.74) is 2.65. The fraction of sp³-hybridized carbons (Fsp3) is 0.211. The summed E-state index contributed by atoms with van der Waals surface area (Å²) in [7, 11) is 0. The van der Waals surface area contributed by atoms with Gasteiger partial charge in [0.15, 0.2) is 6.54 Å². The Labute approximate surface area is 163 Å². The smallest absolute Gasteiger partial charge is 0.336 e. The lowest BCUT2D eigenvalue weighted by Gasteiger charge is -2.09. The molecule has 142 valence electrons. The molecule has 4 rings (SSSR count). The lowest BCUT2D eigenvalue weighted by atomic mass is 10.0. The molecule has 3 heterocycles. The topological polar surface area (TPSA) is 100 Å². The SMILES string of the molecule is Cc1cc2oc(=O)cc(COC(=O)Cn3nnc(-c4cccs4)n3)c2cc1C. The maximum atomic E-state index is 12.2. The summed E-state index contributed by atoms with van der Waals surface area (Å²) in [6.07, 6.45) is 0. The second kappa shape index (κ2) is 7.35. The van der Waals surface area contributed by atoms with E-state index in [2.05, 4.69) is 15.4 Å². The summed E-state index contributed by atoms with van der Waals surface area (Å²) < 4.78 is 10.6. The van der Waals surface area contributed by atoms with Crippen molar-refractivity contribution in [1.82, 2.24) is 20.2 Å². The molecule has 0 bridgehead atoms. The van der Waals surface area contributed by atoms with Crippen LogP contribution in [0.2, 0.25) is 0 Å². The standard InChI is InChI=1S/C19H16N4O4S/c1-11-6-14-13(8-17(24)27-15(14)7-12(11)2)10-26-18(25)9-23-21-19(20-22-23)16-4-3-5-28-16/h3-8H,9-10H2,1-2H3. The van der Waals surface area contributed by atoms with Crippen LogP contribution in [-0.4, -0.2) is 26.2 Å². The Bertz CT molecular complexity index is 1210. The predicted molar refractivity (Wildman–Crippen MR) is 103 cm³/mol. The molecule has 0 spiro atoms. The number of carbonyl (C=O) groups is 1. The van der Waals surface area contributed by atoms with E-state index in [0.29, 0.717) is 17.0 Å². The molecule has 1 aromatic carbocycles. The maximum Gasteiger partial charge on any atom is 0.336 e. The van der Waals surface area contributed by atoms with Gasteiger partial charge in [0.2, 0.25) is 5.82 Å². The van der Waals surface area contributed by atoms with Gasteiger partial charge in [-0.1, -0.05) is 6.07 Å². The summed E-state index contributed by atoms with van der Waals surface area (Å²) in [5, 5.41) is 14.6. The van der Waals surface area contributed by atoms with Crippen LogP contribution in [0.5, 0.6) is 0 Å². The number of benzene rings is 1. The molecule has 0 unspecified atom stereocenters. The van der Waals surface area contributed by atoms with Crippen molar-refractivity contribution in [2.75, 3.05) is 0 Å². The highest BCUT2D eigenvalue weighted by Gasteiger charge is 2.13. The number of nitrogens with zero attached hydrogens (tertiary/aromatic N) is 4. The largest absolute Gasteiger partial charge is 0.459 e. The Kier molecular flexibility index (Phi) is 4.74. The van der Waals surface area contributed by atoms with Crippen LogP contribution in [0.15, 0.2) is 44.9 Å². The number of hydrogen-bond donors (Lipinski definition) is 0. The van der Waals surface area contributed by atoms with Crippen molar-refractivity contribution in [3.8, 4) is 10.7 Å². The molecule has 8 nitrogen and oxygen atoms in total. The zero-order valence-electron chi connectivity index (χ0n) is 15.2. The first kappa shape index (κ1) is 18.1. The molecule has 0 N–H and O–H groups in total. The van der Waals surface area contributed by atoms with Crippen LogP contribution in [0, 0.1) is 13.8 Å². The quantitative estimate of drug-likeness (QED) is 0.378. The molecular weight excluding hydrogens is 380 g/mol. The number of hydrogen-bond acceptors (Lipinski definition) is 8. The van der Waals surface area contributed by atoms with Gasteiger partial charge in [0.05, 0.1) is 4.88 Å². The molecule has 9 heteroatoms. The molecule has 0 aliphatic carbocycles. The summed E-state index contributed by atoms with van der Waals surface area (Å²) in [4.78, 5) is 26.0. The minimum Gasteiger partial charge on any atom is -0.459 e. The molecule has 0 aliphatic heterocycles. The van der Waals surface area contributed by atoms with E-state index in [4.69, 9.17) is 9.15 Å². The fourth-order valence-electron chi connectivity index (χ4n) is 2.74. The Morgan fingerprint density at radius 3 is 2.86 bits per heavy atom. The highest BCUT2D eigenvalue weighted by molar-refractivity contribution is 7.13.